The minimum atomic E-state index is -0.351. The fourth-order valence-electron chi connectivity index (χ4n) is 0.751. The molecule has 60 valence electrons. The van der Waals surface area contributed by atoms with Gasteiger partial charge in [-0.1, -0.05) is 24.0 Å². The molecule has 0 aliphatic heterocycles. The van der Waals surface area contributed by atoms with Crippen LogP contribution in [0.5, 0.6) is 0 Å². The molecule has 0 saturated carbocycles. The molecule has 12 heavy (non-hydrogen) atoms. The number of rotatable bonds is 1. The molecular formula is C10H7FO. The first-order valence-electron chi connectivity index (χ1n) is 3.51. The molecule has 0 unspecified atom stereocenters. The Morgan fingerprint density at radius 2 is 2.17 bits per heavy atom. The second kappa shape index (κ2) is 4.30. The molecule has 0 fully saturated rings. The highest BCUT2D eigenvalue weighted by Gasteiger charge is 1.93. The molecular weight excluding hydrogens is 155 g/mol. The molecule has 2 heteroatoms. The maximum absolute atomic E-state index is 12.8. The molecule has 0 saturated heterocycles. The second-order valence-corrected chi connectivity index (χ2v) is 2.15. The Balaban J connectivity index is 2.84. The minimum absolute atomic E-state index is 0.147. The zero-order valence-electron chi connectivity index (χ0n) is 6.38. The lowest BCUT2D eigenvalue weighted by atomic mass is 10.2. The summed E-state index contributed by atoms with van der Waals surface area (Å²) in [6.07, 6.45) is 0.835. The van der Waals surface area contributed by atoms with E-state index in [1.165, 1.54) is 6.07 Å². The SMILES string of the molecule is O=CCC#Cc1ccccc1F. The summed E-state index contributed by atoms with van der Waals surface area (Å²) >= 11 is 0. The third-order valence-electron chi connectivity index (χ3n) is 1.28. The Hall–Kier alpha value is -1.62. The topological polar surface area (TPSA) is 17.1 Å². The van der Waals surface area contributed by atoms with Gasteiger partial charge in [-0.2, -0.15) is 0 Å². The van der Waals surface area contributed by atoms with E-state index >= 15 is 0 Å². The maximum Gasteiger partial charge on any atom is 0.138 e. The molecule has 0 radical (unpaired) electrons. The van der Waals surface area contributed by atoms with E-state index in [0.717, 1.165) is 0 Å². The number of carbonyl (C=O) groups is 1. The fourth-order valence-corrected chi connectivity index (χ4v) is 0.751. The van der Waals surface area contributed by atoms with E-state index in [0.29, 0.717) is 11.8 Å². The highest BCUT2D eigenvalue weighted by atomic mass is 19.1. The summed E-state index contributed by atoms with van der Waals surface area (Å²) in [6, 6.07) is 6.21. The molecule has 0 aliphatic rings. The van der Waals surface area contributed by atoms with Crippen molar-refractivity contribution in [1.82, 2.24) is 0 Å². The predicted octanol–water partition coefficient (Wildman–Crippen LogP) is 1.77. The number of benzene rings is 1. The molecule has 1 aromatic carbocycles. The van der Waals surface area contributed by atoms with Crippen LogP contribution in [0.25, 0.3) is 0 Å². The summed E-state index contributed by atoms with van der Waals surface area (Å²) in [5.41, 5.74) is 0.333. The van der Waals surface area contributed by atoms with Crippen LogP contribution in [0.2, 0.25) is 0 Å². The van der Waals surface area contributed by atoms with E-state index in [2.05, 4.69) is 11.8 Å². The van der Waals surface area contributed by atoms with Gasteiger partial charge < -0.3 is 4.79 Å². The smallest absolute Gasteiger partial charge is 0.138 e. The van der Waals surface area contributed by atoms with Gasteiger partial charge in [0.1, 0.15) is 12.1 Å². The van der Waals surface area contributed by atoms with E-state index in [1.54, 1.807) is 18.2 Å². The second-order valence-electron chi connectivity index (χ2n) is 2.15. The third kappa shape index (κ3) is 2.21. The maximum atomic E-state index is 12.8. The summed E-state index contributed by atoms with van der Waals surface area (Å²) < 4.78 is 12.8. The Labute approximate surface area is 70.2 Å². The molecule has 0 amide bonds. The fraction of sp³-hybridized carbons (Fsp3) is 0.100. The molecule has 0 atom stereocenters. The first-order chi connectivity index (χ1) is 5.84. The molecule has 0 N–H and O–H groups in total. The van der Waals surface area contributed by atoms with Crippen molar-refractivity contribution in [2.24, 2.45) is 0 Å². The summed E-state index contributed by atoms with van der Waals surface area (Å²) in [5.74, 6) is 4.74. The van der Waals surface area contributed by atoms with Crippen LogP contribution in [0, 0.1) is 17.7 Å². The Kier molecular flexibility index (Phi) is 3.04. The lowest BCUT2D eigenvalue weighted by Gasteiger charge is -1.89. The van der Waals surface area contributed by atoms with Gasteiger partial charge in [-0.3, -0.25) is 0 Å². The zero-order chi connectivity index (χ0) is 8.81. The normalized spacial score (nSPS) is 8.42. The molecule has 1 nitrogen and oxygen atoms in total. The average molecular weight is 162 g/mol. The lowest BCUT2D eigenvalue weighted by Crippen LogP contribution is -1.80. The van der Waals surface area contributed by atoms with E-state index in [4.69, 9.17) is 0 Å². The van der Waals surface area contributed by atoms with E-state index in [9.17, 15) is 9.18 Å². The number of hydrogen-bond acceptors (Lipinski definition) is 1. The van der Waals surface area contributed by atoms with Gasteiger partial charge in [0.25, 0.3) is 0 Å². The van der Waals surface area contributed by atoms with E-state index in [1.807, 2.05) is 0 Å². The quantitative estimate of drug-likeness (QED) is 0.454. The van der Waals surface area contributed by atoms with Crippen LogP contribution in [-0.4, -0.2) is 6.29 Å². The van der Waals surface area contributed by atoms with Crippen molar-refractivity contribution >= 4 is 6.29 Å². The van der Waals surface area contributed by atoms with Crippen molar-refractivity contribution in [3.8, 4) is 11.8 Å². The van der Waals surface area contributed by atoms with Crippen molar-refractivity contribution in [2.75, 3.05) is 0 Å². The average Bonchev–Trinajstić information content (AvgIpc) is 2.09. The number of hydrogen-bond donors (Lipinski definition) is 0. The van der Waals surface area contributed by atoms with Gasteiger partial charge in [-0.05, 0) is 12.1 Å². The minimum Gasteiger partial charge on any atom is -0.302 e. The summed E-state index contributed by atoms with van der Waals surface area (Å²) in [6.45, 7) is 0. The molecule has 1 rings (SSSR count). The van der Waals surface area contributed by atoms with Gasteiger partial charge in [-0.15, -0.1) is 0 Å². The van der Waals surface area contributed by atoms with Crippen LogP contribution in [0.15, 0.2) is 24.3 Å². The van der Waals surface area contributed by atoms with E-state index < -0.39 is 0 Å². The van der Waals surface area contributed by atoms with Crippen molar-refractivity contribution in [2.45, 2.75) is 6.42 Å². The summed E-state index contributed by atoms with van der Waals surface area (Å²) in [5, 5.41) is 0. The molecule has 1 aromatic rings. The van der Waals surface area contributed by atoms with Gasteiger partial charge in [0, 0.05) is 0 Å². The van der Waals surface area contributed by atoms with Crippen LogP contribution < -0.4 is 0 Å². The van der Waals surface area contributed by atoms with Crippen molar-refractivity contribution in [1.29, 1.82) is 0 Å². The van der Waals surface area contributed by atoms with E-state index in [-0.39, 0.29) is 12.2 Å². The standard InChI is InChI=1S/C10H7FO/c11-10-7-2-1-5-9(10)6-3-4-8-12/h1-2,5,7-8H,4H2. The van der Waals surface area contributed by atoms with Crippen LogP contribution in [0.3, 0.4) is 0 Å². The van der Waals surface area contributed by atoms with Crippen molar-refractivity contribution in [3.05, 3.63) is 35.6 Å². The van der Waals surface area contributed by atoms with Gasteiger partial charge >= 0.3 is 0 Å². The monoisotopic (exact) mass is 162 g/mol. The Bertz CT molecular complexity index is 333. The zero-order valence-corrected chi connectivity index (χ0v) is 6.38. The number of aldehydes is 1. The highest BCUT2D eigenvalue weighted by Crippen LogP contribution is 2.03. The van der Waals surface area contributed by atoms with Crippen LogP contribution in [0.1, 0.15) is 12.0 Å². The van der Waals surface area contributed by atoms with Gasteiger partial charge in [0.05, 0.1) is 12.0 Å². The molecule has 0 bridgehead atoms. The molecule has 0 spiro atoms. The largest absolute Gasteiger partial charge is 0.302 e. The Morgan fingerprint density at radius 1 is 1.42 bits per heavy atom. The van der Waals surface area contributed by atoms with Gasteiger partial charge in [-0.25, -0.2) is 4.39 Å². The van der Waals surface area contributed by atoms with Crippen molar-refractivity contribution < 1.29 is 9.18 Å². The molecule has 0 aliphatic carbocycles. The van der Waals surface area contributed by atoms with Gasteiger partial charge in [0.2, 0.25) is 0 Å². The predicted molar refractivity (Wildman–Crippen MR) is 44.0 cm³/mol. The first-order valence-corrected chi connectivity index (χ1v) is 3.51. The van der Waals surface area contributed by atoms with Crippen LogP contribution >= 0.6 is 0 Å². The van der Waals surface area contributed by atoms with Crippen LogP contribution in [0.4, 0.5) is 4.39 Å². The number of halogens is 1. The molecule has 0 heterocycles. The summed E-state index contributed by atoms with van der Waals surface area (Å²) in [7, 11) is 0. The van der Waals surface area contributed by atoms with Crippen LogP contribution in [-0.2, 0) is 4.79 Å². The van der Waals surface area contributed by atoms with Crippen molar-refractivity contribution in [3.63, 3.8) is 0 Å². The lowest BCUT2D eigenvalue weighted by molar-refractivity contribution is -0.107. The summed E-state index contributed by atoms with van der Waals surface area (Å²) in [4.78, 5) is 9.88. The Morgan fingerprint density at radius 3 is 2.83 bits per heavy atom. The van der Waals surface area contributed by atoms with Gasteiger partial charge in [0.15, 0.2) is 0 Å². The molecule has 0 aromatic heterocycles. The third-order valence-corrected chi connectivity index (χ3v) is 1.28. The first kappa shape index (κ1) is 8.48. The highest BCUT2D eigenvalue weighted by molar-refractivity contribution is 5.54. The number of carbonyl (C=O) groups excluding carboxylic acids is 1.